The first kappa shape index (κ1) is 27.4. The highest BCUT2D eigenvalue weighted by molar-refractivity contribution is 6.35. The van der Waals surface area contributed by atoms with Gasteiger partial charge in [-0.15, -0.1) is 5.10 Å². The summed E-state index contributed by atoms with van der Waals surface area (Å²) >= 11 is 6.83. The second-order valence-electron chi connectivity index (χ2n) is 10.7. The molecule has 0 aliphatic heterocycles. The molecule has 1 fully saturated rings. The van der Waals surface area contributed by atoms with Gasteiger partial charge < -0.3 is 10.6 Å². The fourth-order valence-corrected chi connectivity index (χ4v) is 5.58. The molecule has 2 aromatic heterocycles. The van der Waals surface area contributed by atoms with Crippen molar-refractivity contribution in [1.29, 1.82) is 15.8 Å². The van der Waals surface area contributed by atoms with Crippen molar-refractivity contribution >= 4 is 33.9 Å². The number of nitrogens with one attached hydrogen (secondary N) is 2. The summed E-state index contributed by atoms with van der Waals surface area (Å²) < 4.78 is 11.6. The molecule has 0 amide bonds. The number of fused-ring (bicyclic) bond motifs is 1. The molecule has 2 N–H and O–H groups in total. The van der Waals surface area contributed by atoms with Gasteiger partial charge in [-0.25, -0.2) is 4.68 Å². The van der Waals surface area contributed by atoms with Crippen LogP contribution in [0.15, 0.2) is 73.1 Å². The van der Waals surface area contributed by atoms with Gasteiger partial charge in [0.2, 0.25) is 0 Å². The van der Waals surface area contributed by atoms with Crippen LogP contribution >= 0.6 is 11.6 Å². The molecule has 2 atom stereocenters. The summed E-state index contributed by atoms with van der Waals surface area (Å²) in [7, 11) is 0. The van der Waals surface area contributed by atoms with Crippen molar-refractivity contribution in [3.05, 3.63) is 112 Å². The smallest absolute Gasteiger partial charge is 0.109 e. The van der Waals surface area contributed by atoms with Crippen LogP contribution in [-0.4, -0.2) is 20.0 Å². The molecule has 3 aromatic carbocycles. The van der Waals surface area contributed by atoms with E-state index in [0.717, 1.165) is 18.4 Å². The van der Waals surface area contributed by atoms with E-state index >= 15 is 0 Å². The summed E-state index contributed by atoms with van der Waals surface area (Å²) in [6, 6.07) is 23.5. The molecule has 9 nitrogen and oxygen atoms in total. The lowest BCUT2D eigenvalue weighted by atomic mass is 9.95. The number of rotatable bonds is 10. The van der Waals surface area contributed by atoms with Crippen LogP contribution in [0.3, 0.4) is 0 Å². The van der Waals surface area contributed by atoms with Crippen LogP contribution in [0.2, 0.25) is 5.02 Å². The van der Waals surface area contributed by atoms with Crippen molar-refractivity contribution in [2.24, 2.45) is 0 Å². The predicted octanol–water partition coefficient (Wildman–Crippen LogP) is 7.52. The monoisotopic (exact) mass is 598 g/mol. The molecule has 0 radical (unpaired) electrons. The summed E-state index contributed by atoms with van der Waals surface area (Å²) in [6.07, 6.45) is 6.11. The minimum Gasteiger partial charge on any atom is -0.377 e. The van der Waals surface area contributed by atoms with E-state index in [2.05, 4.69) is 44.1 Å². The molecule has 1 aliphatic carbocycles. The molecule has 44 heavy (non-hydrogen) atoms. The Hall–Kier alpha value is -5.43. The van der Waals surface area contributed by atoms with Crippen molar-refractivity contribution < 1.29 is 1.37 Å². The van der Waals surface area contributed by atoms with Gasteiger partial charge in [0.15, 0.2) is 0 Å². The lowest BCUT2D eigenvalue weighted by Gasteiger charge is -2.23. The van der Waals surface area contributed by atoms with E-state index in [9.17, 15) is 17.2 Å². The lowest BCUT2D eigenvalue weighted by Crippen LogP contribution is -2.15. The van der Waals surface area contributed by atoms with Gasteiger partial charge in [0.25, 0.3) is 0 Å². The van der Waals surface area contributed by atoms with E-state index < -0.39 is 6.02 Å². The molecule has 2 unspecified atom stereocenters. The Bertz CT molecular complexity index is 2020. The van der Waals surface area contributed by atoms with Crippen LogP contribution in [-0.2, 0) is 0 Å². The quantitative estimate of drug-likeness (QED) is 0.168. The summed E-state index contributed by atoms with van der Waals surface area (Å²) in [6.45, 7) is 1.81. The van der Waals surface area contributed by atoms with Crippen molar-refractivity contribution in [3.63, 3.8) is 0 Å². The van der Waals surface area contributed by atoms with E-state index in [0.29, 0.717) is 68.1 Å². The number of hydrogen-bond donors (Lipinski definition) is 2. The molecular formula is C34H28ClN9. The summed E-state index contributed by atoms with van der Waals surface area (Å²) in [5.74, 6) is 0. The van der Waals surface area contributed by atoms with Crippen LogP contribution in [0, 0.1) is 40.9 Å². The van der Waals surface area contributed by atoms with Gasteiger partial charge >= 0.3 is 0 Å². The highest BCUT2D eigenvalue weighted by Gasteiger charge is 2.28. The highest BCUT2D eigenvalue weighted by Crippen LogP contribution is 2.39. The van der Waals surface area contributed by atoms with Crippen molar-refractivity contribution in [2.45, 2.75) is 50.7 Å². The molecule has 10 heteroatoms. The topological polar surface area (TPSA) is 139 Å². The largest absolute Gasteiger partial charge is 0.377 e. The second kappa shape index (κ2) is 12.4. The molecule has 216 valence electrons. The molecule has 0 bridgehead atoms. The first-order chi connectivity index (χ1) is 21.9. The summed E-state index contributed by atoms with van der Waals surface area (Å²) in [5, 5.41) is 45.7. The van der Waals surface area contributed by atoms with Gasteiger partial charge in [-0.2, -0.15) is 15.8 Å². The molecule has 0 spiro atoms. The SMILES string of the molecule is [2H]C(Nc1cc(Cl)c2ncc(C#N)c(NC(CCC#N)c3ccccc3)c2c1)(c1cn(C2CC2)nn1)c1cccc(C#N)c1C. The van der Waals surface area contributed by atoms with Crippen LogP contribution in [0.5, 0.6) is 0 Å². The molecule has 5 aromatic rings. The number of nitriles is 3. The van der Waals surface area contributed by atoms with Crippen LogP contribution < -0.4 is 10.6 Å². The average molecular weight is 599 g/mol. The molecule has 0 saturated heterocycles. The zero-order valence-corrected chi connectivity index (χ0v) is 24.7. The van der Waals surface area contributed by atoms with Crippen LogP contribution in [0.1, 0.15) is 78.7 Å². The third kappa shape index (κ3) is 5.77. The maximum Gasteiger partial charge on any atom is 0.109 e. The van der Waals surface area contributed by atoms with Crippen molar-refractivity contribution in [2.75, 3.05) is 10.6 Å². The Balaban J connectivity index is 1.49. The molecule has 6 rings (SSSR count). The molecule has 1 aliphatic rings. The standard InChI is InChI=1S/C34H28ClN9/c1-21-23(17-37)9-5-10-27(21)34(31-20-44(43-42-31)26-12-13-26)40-25-15-28-32(24(18-38)19-39-33(28)29(35)16-25)41-30(11-6-14-36)22-7-3-2-4-8-22/h2-5,7-10,15-16,19-20,26,30,34,40H,6,11-13H2,1H3,(H,39,41)/i34D. The first-order valence-electron chi connectivity index (χ1n) is 14.8. The Labute approximate surface area is 261 Å². The average Bonchev–Trinajstić information content (AvgIpc) is 3.78. The van der Waals surface area contributed by atoms with Crippen molar-refractivity contribution in [3.8, 4) is 18.2 Å². The lowest BCUT2D eigenvalue weighted by molar-refractivity contribution is 0.610. The van der Waals surface area contributed by atoms with Crippen LogP contribution in [0.25, 0.3) is 10.9 Å². The van der Waals surface area contributed by atoms with Gasteiger partial charge in [-0.05, 0) is 61.1 Å². The van der Waals surface area contributed by atoms with Gasteiger partial charge in [0.1, 0.15) is 11.8 Å². The third-order valence-electron chi connectivity index (χ3n) is 7.79. The Morgan fingerprint density at radius 2 is 1.84 bits per heavy atom. The minimum absolute atomic E-state index is 0.261. The predicted molar refractivity (Wildman–Crippen MR) is 169 cm³/mol. The summed E-state index contributed by atoms with van der Waals surface area (Å²) in [4.78, 5) is 4.49. The number of nitrogens with zero attached hydrogens (tertiary/aromatic N) is 7. The first-order valence-corrected chi connectivity index (χ1v) is 14.7. The molecular weight excluding hydrogens is 570 g/mol. The third-order valence-corrected chi connectivity index (χ3v) is 8.08. The van der Waals surface area contributed by atoms with Crippen molar-refractivity contribution in [1.82, 2.24) is 20.0 Å². The fourth-order valence-electron chi connectivity index (χ4n) is 5.31. The van der Waals surface area contributed by atoms with E-state index in [4.69, 9.17) is 11.6 Å². The second-order valence-corrected chi connectivity index (χ2v) is 11.1. The number of benzene rings is 3. The normalized spacial score (nSPS) is 14.8. The molecule has 2 heterocycles. The Kier molecular flexibility index (Phi) is 7.74. The zero-order valence-electron chi connectivity index (χ0n) is 24.9. The van der Waals surface area contributed by atoms with Gasteiger partial charge in [0, 0.05) is 23.7 Å². The molecule has 1 saturated carbocycles. The number of halogens is 1. The van der Waals surface area contributed by atoms with Gasteiger partial charge in [0.05, 0.1) is 65.2 Å². The van der Waals surface area contributed by atoms with Gasteiger partial charge in [-0.3, -0.25) is 4.98 Å². The van der Waals surface area contributed by atoms with Crippen LogP contribution in [0.4, 0.5) is 11.4 Å². The fraction of sp³-hybridized carbons (Fsp3) is 0.235. The van der Waals surface area contributed by atoms with E-state index in [1.54, 1.807) is 35.1 Å². The Morgan fingerprint density at radius 3 is 2.57 bits per heavy atom. The Morgan fingerprint density at radius 1 is 1.05 bits per heavy atom. The van der Waals surface area contributed by atoms with E-state index in [1.807, 2.05) is 43.3 Å². The maximum atomic E-state index is 10.1. The number of hydrogen-bond acceptors (Lipinski definition) is 8. The number of anilines is 2. The minimum atomic E-state index is -1.64. The summed E-state index contributed by atoms with van der Waals surface area (Å²) in [5.41, 5.74) is 4.79. The number of aromatic nitrogens is 4. The zero-order chi connectivity index (χ0) is 31.6. The maximum absolute atomic E-state index is 10.1. The van der Waals surface area contributed by atoms with E-state index in [-0.39, 0.29) is 12.1 Å². The highest BCUT2D eigenvalue weighted by atomic mass is 35.5. The number of pyridine rings is 1. The van der Waals surface area contributed by atoms with Gasteiger partial charge in [-0.1, -0.05) is 59.3 Å². The van der Waals surface area contributed by atoms with E-state index in [1.165, 1.54) is 6.20 Å².